The van der Waals surface area contributed by atoms with Crippen molar-refractivity contribution in [1.29, 1.82) is 0 Å². The van der Waals surface area contributed by atoms with Gasteiger partial charge < -0.3 is 16.0 Å². The first-order valence-electron chi connectivity index (χ1n) is 7.67. The predicted octanol–water partition coefficient (Wildman–Crippen LogP) is 3.53. The van der Waals surface area contributed by atoms with Gasteiger partial charge in [0.1, 0.15) is 11.3 Å². The highest BCUT2D eigenvalue weighted by molar-refractivity contribution is 6.04. The Morgan fingerprint density at radius 2 is 2.21 bits per heavy atom. The van der Waals surface area contributed by atoms with E-state index in [0.29, 0.717) is 29.3 Å². The van der Waals surface area contributed by atoms with E-state index < -0.39 is 0 Å². The SMILES string of the molecule is CC1=C2N=C(Nc3cc(N)c4nc[nH]c4c3)N=CC2(C)CC=C1F. The van der Waals surface area contributed by atoms with Crippen LogP contribution in [-0.4, -0.2) is 22.1 Å². The van der Waals surface area contributed by atoms with Gasteiger partial charge in [0.15, 0.2) is 0 Å². The van der Waals surface area contributed by atoms with Crippen LogP contribution >= 0.6 is 0 Å². The van der Waals surface area contributed by atoms with Gasteiger partial charge in [-0.25, -0.2) is 19.4 Å². The number of imidazole rings is 1. The number of nitrogens with two attached hydrogens (primary N) is 1. The second-order valence-corrected chi connectivity index (χ2v) is 6.33. The molecule has 24 heavy (non-hydrogen) atoms. The van der Waals surface area contributed by atoms with E-state index in [9.17, 15) is 4.39 Å². The molecule has 1 aromatic carbocycles. The van der Waals surface area contributed by atoms with Crippen molar-refractivity contribution in [2.24, 2.45) is 15.4 Å². The summed E-state index contributed by atoms with van der Waals surface area (Å²) < 4.78 is 13.9. The lowest BCUT2D eigenvalue weighted by Gasteiger charge is -2.32. The number of nitrogens with one attached hydrogen (secondary N) is 2. The summed E-state index contributed by atoms with van der Waals surface area (Å²) in [5.74, 6) is 0.193. The minimum atomic E-state index is -0.364. The number of rotatable bonds is 1. The smallest absolute Gasteiger partial charge is 0.227 e. The predicted molar refractivity (Wildman–Crippen MR) is 94.7 cm³/mol. The highest BCUT2D eigenvalue weighted by Crippen LogP contribution is 2.41. The van der Waals surface area contributed by atoms with E-state index in [1.54, 1.807) is 25.4 Å². The molecule has 1 aliphatic carbocycles. The van der Waals surface area contributed by atoms with E-state index in [1.165, 1.54) is 0 Å². The molecule has 122 valence electrons. The van der Waals surface area contributed by atoms with Gasteiger partial charge in [0, 0.05) is 22.9 Å². The number of H-pyrrole nitrogens is 1. The average molecular weight is 324 g/mol. The number of anilines is 2. The van der Waals surface area contributed by atoms with Crippen molar-refractivity contribution < 1.29 is 4.39 Å². The van der Waals surface area contributed by atoms with Gasteiger partial charge in [-0.05, 0) is 38.5 Å². The summed E-state index contributed by atoms with van der Waals surface area (Å²) in [4.78, 5) is 16.1. The van der Waals surface area contributed by atoms with Crippen molar-refractivity contribution in [3.8, 4) is 0 Å². The van der Waals surface area contributed by atoms with E-state index in [2.05, 4.69) is 25.3 Å². The highest BCUT2D eigenvalue weighted by Gasteiger charge is 2.35. The number of benzene rings is 1. The van der Waals surface area contributed by atoms with Crippen LogP contribution in [0.1, 0.15) is 20.3 Å². The number of allylic oxidation sites excluding steroid dienone is 4. The van der Waals surface area contributed by atoms with Crippen molar-refractivity contribution in [2.75, 3.05) is 11.1 Å². The largest absolute Gasteiger partial charge is 0.397 e. The van der Waals surface area contributed by atoms with E-state index in [0.717, 1.165) is 16.7 Å². The lowest BCUT2D eigenvalue weighted by molar-refractivity contribution is 0.518. The number of hydrogen-bond donors (Lipinski definition) is 3. The molecule has 2 heterocycles. The molecule has 0 bridgehead atoms. The van der Waals surface area contributed by atoms with Crippen molar-refractivity contribution in [3.63, 3.8) is 0 Å². The Kier molecular flexibility index (Phi) is 3.06. The van der Waals surface area contributed by atoms with Gasteiger partial charge in [0.2, 0.25) is 5.96 Å². The number of guanidine groups is 1. The number of aromatic nitrogens is 2. The third kappa shape index (κ3) is 2.20. The van der Waals surface area contributed by atoms with Crippen LogP contribution in [0.4, 0.5) is 15.8 Å². The molecule has 7 heteroatoms. The Bertz CT molecular complexity index is 965. The number of fused-ring (bicyclic) bond motifs is 2. The van der Waals surface area contributed by atoms with Crippen molar-refractivity contribution in [3.05, 3.63) is 41.6 Å². The van der Waals surface area contributed by atoms with Gasteiger partial charge in [0.25, 0.3) is 0 Å². The van der Waals surface area contributed by atoms with Crippen LogP contribution in [0.25, 0.3) is 11.0 Å². The summed E-state index contributed by atoms with van der Waals surface area (Å²) in [6.07, 6.45) is 5.56. The number of aromatic amines is 1. The normalized spacial score (nSPS) is 23.1. The molecule has 0 saturated carbocycles. The Balaban J connectivity index is 1.71. The Morgan fingerprint density at radius 1 is 1.38 bits per heavy atom. The van der Waals surface area contributed by atoms with Crippen LogP contribution < -0.4 is 11.1 Å². The fourth-order valence-electron chi connectivity index (χ4n) is 3.10. The lowest BCUT2D eigenvalue weighted by atomic mass is 9.78. The molecule has 4 rings (SSSR count). The fraction of sp³-hybridized carbons (Fsp3) is 0.235. The quantitative estimate of drug-likeness (QED) is 0.701. The molecule has 1 unspecified atom stereocenters. The second-order valence-electron chi connectivity index (χ2n) is 6.33. The standard InChI is InChI=1S/C17H17FN6/c1-9-11(18)3-4-17(2)7-20-16(24-15(9)17)23-10-5-12(19)14-13(6-10)21-8-22-14/h3,5-8H,4,19H2,1-2H3,(H,21,22)(H,23,24). The summed E-state index contributed by atoms with van der Waals surface area (Å²) in [5.41, 5.74) is 9.75. The summed E-state index contributed by atoms with van der Waals surface area (Å²) in [5, 5.41) is 3.14. The van der Waals surface area contributed by atoms with Crippen LogP contribution in [0.5, 0.6) is 0 Å². The monoisotopic (exact) mass is 324 g/mol. The number of nitrogens with zero attached hydrogens (tertiary/aromatic N) is 3. The van der Waals surface area contributed by atoms with Crippen LogP contribution in [0.15, 0.2) is 51.6 Å². The van der Waals surface area contributed by atoms with E-state index in [4.69, 9.17) is 5.73 Å². The molecular formula is C17H17FN6. The van der Waals surface area contributed by atoms with Gasteiger partial charge >= 0.3 is 0 Å². The fourth-order valence-corrected chi connectivity index (χ4v) is 3.10. The maximum atomic E-state index is 13.9. The van der Waals surface area contributed by atoms with Crippen LogP contribution in [0, 0.1) is 5.41 Å². The molecule has 1 atom stereocenters. The lowest BCUT2D eigenvalue weighted by Crippen LogP contribution is -2.29. The Morgan fingerprint density at radius 3 is 3.04 bits per heavy atom. The first-order valence-corrected chi connectivity index (χ1v) is 7.67. The van der Waals surface area contributed by atoms with Crippen molar-refractivity contribution in [2.45, 2.75) is 20.3 Å². The molecule has 0 radical (unpaired) electrons. The molecule has 4 N–H and O–H groups in total. The minimum Gasteiger partial charge on any atom is -0.397 e. The van der Waals surface area contributed by atoms with E-state index in [-0.39, 0.29) is 11.2 Å². The molecule has 1 aromatic heterocycles. The molecule has 0 amide bonds. The zero-order valence-electron chi connectivity index (χ0n) is 13.4. The highest BCUT2D eigenvalue weighted by atomic mass is 19.1. The van der Waals surface area contributed by atoms with Gasteiger partial charge in [-0.15, -0.1) is 0 Å². The van der Waals surface area contributed by atoms with Crippen LogP contribution in [0.3, 0.4) is 0 Å². The van der Waals surface area contributed by atoms with Gasteiger partial charge in [-0.3, -0.25) is 0 Å². The average Bonchev–Trinajstić information content (AvgIpc) is 3.02. The summed E-state index contributed by atoms with van der Waals surface area (Å²) >= 11 is 0. The van der Waals surface area contributed by atoms with Gasteiger partial charge in [-0.2, -0.15) is 0 Å². The molecule has 2 aromatic rings. The number of aliphatic imine (C=N–C) groups is 2. The molecule has 0 fully saturated rings. The summed E-state index contributed by atoms with van der Waals surface area (Å²) in [7, 11) is 0. The molecule has 0 spiro atoms. The van der Waals surface area contributed by atoms with E-state index >= 15 is 0 Å². The third-order valence-electron chi connectivity index (χ3n) is 4.46. The maximum absolute atomic E-state index is 13.9. The first kappa shape index (κ1) is 14.6. The molecule has 6 nitrogen and oxygen atoms in total. The Labute approximate surface area is 138 Å². The zero-order chi connectivity index (χ0) is 16.9. The topological polar surface area (TPSA) is 91.5 Å². The number of halogens is 1. The zero-order valence-corrected chi connectivity index (χ0v) is 13.4. The summed E-state index contributed by atoms with van der Waals surface area (Å²) in [6, 6.07) is 3.66. The number of hydrogen-bond acceptors (Lipinski definition) is 5. The van der Waals surface area contributed by atoms with Crippen molar-refractivity contribution >= 4 is 34.6 Å². The van der Waals surface area contributed by atoms with Crippen LogP contribution in [-0.2, 0) is 0 Å². The van der Waals surface area contributed by atoms with Crippen molar-refractivity contribution in [1.82, 2.24) is 9.97 Å². The third-order valence-corrected chi connectivity index (χ3v) is 4.46. The molecule has 2 aliphatic rings. The van der Waals surface area contributed by atoms with Crippen LogP contribution in [0.2, 0.25) is 0 Å². The molecule has 0 saturated heterocycles. The van der Waals surface area contributed by atoms with E-state index in [1.807, 2.05) is 19.2 Å². The Hall–Kier alpha value is -2.96. The number of nitrogen functional groups attached to an aromatic ring is 1. The first-order chi connectivity index (χ1) is 11.5. The molecule has 1 aliphatic heterocycles. The molecular weight excluding hydrogens is 307 g/mol. The summed E-state index contributed by atoms with van der Waals surface area (Å²) in [6.45, 7) is 3.75. The van der Waals surface area contributed by atoms with Gasteiger partial charge in [0.05, 0.1) is 23.2 Å². The minimum absolute atomic E-state index is 0.219. The second kappa shape index (κ2) is 5.02. The van der Waals surface area contributed by atoms with Gasteiger partial charge in [-0.1, -0.05) is 0 Å². The maximum Gasteiger partial charge on any atom is 0.227 e.